The quantitative estimate of drug-likeness (QED) is 0.0137. The lowest BCUT2D eigenvalue weighted by Gasteiger charge is -2.38. The molecule has 0 aliphatic heterocycles. The molecular formula is C61H92Br6N4O21. The molecule has 92 heavy (non-hydrogen) atoms. The number of amides is 3. The van der Waals surface area contributed by atoms with Crippen molar-refractivity contribution in [1.82, 2.24) is 20.5 Å². The Morgan fingerprint density at radius 2 is 0.620 bits per heavy atom. The van der Waals surface area contributed by atoms with E-state index in [-0.39, 0.29) is 76.4 Å². The van der Waals surface area contributed by atoms with E-state index in [2.05, 4.69) is 112 Å². The average molecular weight is 1700 g/mol. The third-order valence-electron chi connectivity index (χ3n) is 14.7. The number of hydrogen-bond acceptors (Lipinski definition) is 21. The molecule has 1 heterocycles. The molecule has 2 atom stereocenters. The summed E-state index contributed by atoms with van der Waals surface area (Å²) in [5.41, 5.74) is -5.54. The Balaban J connectivity index is 2.03. The van der Waals surface area contributed by atoms with Crippen molar-refractivity contribution in [2.45, 2.75) is 155 Å². The number of carbonyl (C=O) groups excluding carboxylic acids is 9. The van der Waals surface area contributed by atoms with Crippen molar-refractivity contribution in [3.8, 4) is 11.8 Å². The summed E-state index contributed by atoms with van der Waals surface area (Å²) in [5, 5.41) is 30.2. The summed E-state index contributed by atoms with van der Waals surface area (Å²) < 4.78 is 51.5. The second-order valence-electron chi connectivity index (χ2n) is 26.9. The van der Waals surface area contributed by atoms with Gasteiger partial charge >= 0.3 is 35.8 Å². The molecule has 31 heteroatoms. The second-order valence-corrected chi connectivity index (χ2v) is 38.8. The topological polar surface area (TPSA) is 327 Å². The van der Waals surface area contributed by atoms with Gasteiger partial charge in [0, 0.05) is 48.0 Å². The number of ether oxygens (including phenoxy) is 10. The first kappa shape index (κ1) is 82.8. The smallest absolute Gasteiger partial charge is 0.322 e. The predicted octanol–water partition coefficient (Wildman–Crippen LogP) is 7.76. The molecule has 25 nitrogen and oxygen atoms in total. The summed E-state index contributed by atoms with van der Waals surface area (Å²) in [4.78, 5) is 123. The molecule has 0 fully saturated rings. The molecule has 1 aromatic rings. The fourth-order valence-electron chi connectivity index (χ4n) is 8.49. The first-order valence-electron chi connectivity index (χ1n) is 29.7. The van der Waals surface area contributed by atoms with Gasteiger partial charge in [-0.05, 0) is 110 Å². The van der Waals surface area contributed by atoms with Gasteiger partial charge in [-0.1, -0.05) is 108 Å². The van der Waals surface area contributed by atoms with Crippen molar-refractivity contribution < 1.29 is 101 Å². The third kappa shape index (κ3) is 25.2. The number of nitrogens with one attached hydrogen (secondary N) is 3. The minimum Gasteiger partial charge on any atom is -0.494 e. The molecule has 3 rings (SSSR count). The van der Waals surface area contributed by atoms with Crippen molar-refractivity contribution >= 4 is 149 Å². The van der Waals surface area contributed by atoms with E-state index in [1.165, 1.54) is 108 Å². The molecule has 1 aromatic heterocycles. The molecule has 0 spiro atoms. The fourth-order valence-corrected chi connectivity index (χ4v) is 9.17. The maximum atomic E-state index is 14.9. The number of fused-ring (bicyclic) bond motifs is 5. The summed E-state index contributed by atoms with van der Waals surface area (Å²) in [6.45, 7) is 17.9. The standard InChI is InChI=1S/C61H92Br6N4O21/c1-52(2,62)46(77)87-30-58(13,31-88-47(78)53(3,4)63)43(74)68-27-61(28-69-44(75)59(14,32-89-48(79)54(5,6)64)33-90-49(80)55(7,8)65,29-70-45(76)60(15,34-91-50(81)56(9,10)66)35-92-51(82)57(11,12)67)36-86-25-24-85-23-22-84-21-20-83-19-18-71-41(72)39-37-16-17-38(26-37)40(39)42(71)73/h16-17,37-38,72-73H,18-36H2,1-15H3,(H,68,74)(H,69,75)(H,70,76). The zero-order chi connectivity index (χ0) is 70.3. The maximum absolute atomic E-state index is 14.9. The molecule has 2 unspecified atom stereocenters. The minimum atomic E-state index is -1.81. The van der Waals surface area contributed by atoms with Gasteiger partial charge in [0.2, 0.25) is 17.7 Å². The highest BCUT2D eigenvalue weighted by Crippen LogP contribution is 2.56. The van der Waals surface area contributed by atoms with E-state index in [4.69, 9.17) is 47.4 Å². The molecule has 0 radical (unpaired) electrons. The highest BCUT2D eigenvalue weighted by atomic mass is 79.9. The van der Waals surface area contributed by atoms with Crippen LogP contribution in [0.15, 0.2) is 12.2 Å². The number of rotatable bonds is 41. The molecule has 0 saturated heterocycles. The SMILES string of the molecule is CC(C)(Br)C(=O)OCC(C)(COC(=O)C(C)(C)Br)C(=O)NCC(CNC(=O)C(C)(COC(=O)C(C)(C)Br)COC(=O)C(C)(C)Br)(CNC(=O)C(C)(COC(=O)C(C)(C)Br)COC(=O)C(C)(C)Br)COCCOCCOCCOCCn1c(O)c2c(c1O)C1C=CC2C1. The number of carbonyl (C=O) groups is 9. The summed E-state index contributed by atoms with van der Waals surface area (Å²) >= 11 is 19.6. The van der Waals surface area contributed by atoms with Crippen LogP contribution in [0.4, 0.5) is 0 Å². The van der Waals surface area contributed by atoms with Gasteiger partial charge in [-0.3, -0.25) is 47.7 Å². The lowest BCUT2D eigenvalue weighted by molar-refractivity contribution is -0.161. The summed E-state index contributed by atoms with van der Waals surface area (Å²) in [5.74, 6) is -6.76. The number of nitrogens with zero attached hydrogens (tertiary/aromatic N) is 1. The van der Waals surface area contributed by atoms with Crippen LogP contribution < -0.4 is 16.0 Å². The number of allylic oxidation sites excluding steroid dienone is 2. The summed E-state index contributed by atoms with van der Waals surface area (Å²) in [6.07, 6.45) is 4.95. The Morgan fingerprint density at radius 3 is 0.859 bits per heavy atom. The van der Waals surface area contributed by atoms with Crippen LogP contribution in [0.2, 0.25) is 0 Å². The molecule has 0 aromatic carbocycles. The number of aromatic nitrogens is 1. The third-order valence-corrected chi connectivity index (χ3v) is 16.6. The van der Waals surface area contributed by atoms with Gasteiger partial charge in [0.1, 0.15) is 81.8 Å². The van der Waals surface area contributed by atoms with Gasteiger partial charge in [0.15, 0.2) is 11.8 Å². The van der Waals surface area contributed by atoms with Crippen LogP contribution in [0, 0.1) is 21.7 Å². The largest absolute Gasteiger partial charge is 0.494 e. The second kappa shape index (κ2) is 34.2. The van der Waals surface area contributed by atoms with Crippen molar-refractivity contribution in [3.05, 3.63) is 23.3 Å². The number of hydrogen-bond donors (Lipinski definition) is 5. The summed E-state index contributed by atoms with van der Waals surface area (Å²) in [6, 6.07) is 0. The first-order chi connectivity index (χ1) is 42.0. The Bertz CT molecular complexity index is 2450. The Morgan fingerprint density at radius 1 is 0.391 bits per heavy atom. The number of esters is 6. The monoisotopic (exact) mass is 1690 g/mol. The van der Waals surface area contributed by atoms with E-state index >= 15 is 0 Å². The van der Waals surface area contributed by atoms with Crippen molar-refractivity contribution in [3.63, 3.8) is 0 Å². The van der Waals surface area contributed by atoms with E-state index in [0.717, 1.165) is 17.5 Å². The van der Waals surface area contributed by atoms with E-state index in [9.17, 15) is 53.4 Å². The number of halogens is 6. The maximum Gasteiger partial charge on any atom is 0.322 e. The molecule has 2 aliphatic rings. The van der Waals surface area contributed by atoms with Crippen LogP contribution >= 0.6 is 95.6 Å². The van der Waals surface area contributed by atoms with Gasteiger partial charge in [-0.2, -0.15) is 0 Å². The summed E-state index contributed by atoms with van der Waals surface area (Å²) in [7, 11) is 0. The fraction of sp³-hybridized carbons (Fsp3) is 0.754. The molecule has 524 valence electrons. The van der Waals surface area contributed by atoms with Crippen LogP contribution in [0.3, 0.4) is 0 Å². The molecule has 2 bridgehead atoms. The average Bonchev–Trinajstić information content (AvgIpc) is 1.57. The van der Waals surface area contributed by atoms with Crippen LogP contribution in [0.1, 0.15) is 133 Å². The van der Waals surface area contributed by atoms with Gasteiger partial charge in [0.25, 0.3) is 0 Å². The minimum absolute atomic E-state index is 0.0278. The highest BCUT2D eigenvalue weighted by molar-refractivity contribution is 9.11. The van der Waals surface area contributed by atoms with Gasteiger partial charge in [-0.15, -0.1) is 0 Å². The van der Waals surface area contributed by atoms with Gasteiger partial charge < -0.3 is 73.5 Å². The first-order valence-corrected chi connectivity index (χ1v) is 34.4. The van der Waals surface area contributed by atoms with Crippen LogP contribution in [0.25, 0.3) is 0 Å². The lowest BCUT2D eigenvalue weighted by Crippen LogP contribution is -2.59. The molecular weight excluding hydrogens is 1600 g/mol. The molecule has 2 aliphatic carbocycles. The normalized spacial score (nSPS) is 15.5. The number of alkyl halides is 6. The van der Waals surface area contributed by atoms with Crippen LogP contribution in [-0.2, 0) is 97.1 Å². The van der Waals surface area contributed by atoms with E-state index in [1.807, 2.05) is 12.2 Å². The zero-order valence-electron chi connectivity index (χ0n) is 55.1. The molecule has 3 amide bonds. The highest BCUT2D eigenvalue weighted by Gasteiger charge is 2.47. The Kier molecular flexibility index (Phi) is 30.8. The van der Waals surface area contributed by atoms with Crippen molar-refractivity contribution in [2.75, 3.05) is 112 Å². The van der Waals surface area contributed by atoms with Gasteiger partial charge in [0.05, 0.1) is 59.4 Å². The molecule has 5 N–H and O–H groups in total. The Hall–Kier alpha value is -3.43. The van der Waals surface area contributed by atoms with E-state index in [1.54, 1.807) is 0 Å². The van der Waals surface area contributed by atoms with Crippen molar-refractivity contribution in [2.24, 2.45) is 21.7 Å². The lowest BCUT2D eigenvalue weighted by atomic mass is 9.84. The Labute approximate surface area is 589 Å². The van der Waals surface area contributed by atoms with E-state index < -0.39 is 167 Å². The zero-order valence-corrected chi connectivity index (χ0v) is 64.6. The number of aromatic hydroxyl groups is 2. The van der Waals surface area contributed by atoms with Crippen LogP contribution in [0.5, 0.6) is 11.8 Å². The predicted molar refractivity (Wildman–Crippen MR) is 360 cm³/mol. The van der Waals surface area contributed by atoms with E-state index in [0.29, 0.717) is 0 Å². The van der Waals surface area contributed by atoms with Crippen LogP contribution in [-0.4, -0.2) is 206 Å². The van der Waals surface area contributed by atoms with Crippen molar-refractivity contribution in [1.29, 1.82) is 0 Å². The molecule has 0 saturated carbocycles. The van der Waals surface area contributed by atoms with Gasteiger partial charge in [-0.25, -0.2) is 0 Å².